The minimum absolute atomic E-state index is 0.0536. The number of nitrogens with one attached hydrogen (secondary N) is 2. The largest absolute Gasteiger partial charge is 0.508 e. The average Bonchev–Trinajstić information content (AvgIpc) is 2.33. The SMILES string of the molecule is O=C(Nc1ccc(O)cc1)[C@H]1CCCNC1. The van der Waals surface area contributed by atoms with Crippen LogP contribution in [0.3, 0.4) is 0 Å². The maximum absolute atomic E-state index is 11.8. The van der Waals surface area contributed by atoms with Gasteiger partial charge in [-0.3, -0.25) is 4.79 Å². The highest BCUT2D eigenvalue weighted by atomic mass is 16.3. The Balaban J connectivity index is 1.93. The van der Waals surface area contributed by atoms with Gasteiger partial charge in [-0.05, 0) is 43.7 Å². The van der Waals surface area contributed by atoms with Crippen molar-refractivity contribution in [3.63, 3.8) is 0 Å². The summed E-state index contributed by atoms with van der Waals surface area (Å²) in [6.07, 6.45) is 1.99. The molecule has 86 valence electrons. The molecule has 0 unspecified atom stereocenters. The number of hydrogen-bond acceptors (Lipinski definition) is 3. The number of phenols is 1. The molecule has 0 spiro atoms. The van der Waals surface area contributed by atoms with Crippen molar-refractivity contribution < 1.29 is 9.90 Å². The lowest BCUT2D eigenvalue weighted by Gasteiger charge is -2.21. The third-order valence-electron chi connectivity index (χ3n) is 2.80. The summed E-state index contributed by atoms with van der Waals surface area (Å²) in [6.45, 7) is 1.76. The Morgan fingerprint density at radius 1 is 1.38 bits per heavy atom. The summed E-state index contributed by atoms with van der Waals surface area (Å²) in [6, 6.07) is 6.52. The van der Waals surface area contributed by atoms with Crippen LogP contribution in [0.5, 0.6) is 5.75 Å². The fraction of sp³-hybridized carbons (Fsp3) is 0.417. The number of anilines is 1. The van der Waals surface area contributed by atoms with E-state index in [1.807, 2.05) is 0 Å². The van der Waals surface area contributed by atoms with Gasteiger partial charge in [-0.15, -0.1) is 0 Å². The normalized spacial score (nSPS) is 20.4. The molecule has 1 heterocycles. The van der Waals surface area contributed by atoms with E-state index in [-0.39, 0.29) is 17.6 Å². The first-order chi connectivity index (χ1) is 7.75. The van der Waals surface area contributed by atoms with E-state index in [4.69, 9.17) is 5.11 Å². The van der Waals surface area contributed by atoms with Crippen LogP contribution >= 0.6 is 0 Å². The van der Waals surface area contributed by atoms with Crippen LogP contribution in [0.1, 0.15) is 12.8 Å². The summed E-state index contributed by atoms with van der Waals surface area (Å²) < 4.78 is 0. The Hall–Kier alpha value is -1.55. The highest BCUT2D eigenvalue weighted by Crippen LogP contribution is 2.16. The quantitative estimate of drug-likeness (QED) is 0.659. The van der Waals surface area contributed by atoms with Crippen LogP contribution in [0.4, 0.5) is 5.69 Å². The number of hydrogen-bond donors (Lipinski definition) is 3. The lowest BCUT2D eigenvalue weighted by atomic mass is 9.99. The topological polar surface area (TPSA) is 61.4 Å². The van der Waals surface area contributed by atoms with Gasteiger partial charge in [-0.2, -0.15) is 0 Å². The molecule has 0 aliphatic carbocycles. The van der Waals surface area contributed by atoms with Crippen molar-refractivity contribution in [3.8, 4) is 5.75 Å². The standard InChI is InChI=1S/C12H16N2O2/c15-11-5-3-10(4-6-11)14-12(16)9-2-1-7-13-8-9/h3-6,9,13,15H,1-2,7-8H2,(H,14,16)/t9-/m0/s1. The second-order valence-corrected chi connectivity index (χ2v) is 4.08. The predicted octanol–water partition coefficient (Wildman–Crippen LogP) is 1.33. The van der Waals surface area contributed by atoms with Gasteiger partial charge in [0.2, 0.25) is 5.91 Å². The zero-order chi connectivity index (χ0) is 11.4. The van der Waals surface area contributed by atoms with E-state index in [1.54, 1.807) is 24.3 Å². The molecule has 1 aliphatic rings. The lowest BCUT2D eigenvalue weighted by molar-refractivity contribution is -0.120. The Bertz CT molecular complexity index is 356. The molecule has 16 heavy (non-hydrogen) atoms. The molecule has 1 saturated heterocycles. The third-order valence-corrected chi connectivity index (χ3v) is 2.80. The number of amides is 1. The van der Waals surface area contributed by atoms with Crippen LogP contribution < -0.4 is 10.6 Å². The second-order valence-electron chi connectivity index (χ2n) is 4.08. The van der Waals surface area contributed by atoms with E-state index in [2.05, 4.69) is 10.6 Å². The number of benzene rings is 1. The number of phenolic OH excluding ortho intramolecular Hbond substituents is 1. The van der Waals surface area contributed by atoms with E-state index in [9.17, 15) is 4.79 Å². The van der Waals surface area contributed by atoms with Gasteiger partial charge >= 0.3 is 0 Å². The molecule has 4 nitrogen and oxygen atoms in total. The van der Waals surface area contributed by atoms with Gasteiger partial charge in [0.05, 0.1) is 5.92 Å². The fourth-order valence-corrected chi connectivity index (χ4v) is 1.86. The summed E-state index contributed by atoms with van der Waals surface area (Å²) >= 11 is 0. The van der Waals surface area contributed by atoms with Gasteiger partial charge in [-0.25, -0.2) is 0 Å². The molecule has 1 aromatic rings. The van der Waals surface area contributed by atoms with Crippen LogP contribution in [0.2, 0.25) is 0 Å². The molecule has 0 bridgehead atoms. The average molecular weight is 220 g/mol. The first kappa shape index (κ1) is 11.0. The molecule has 0 aromatic heterocycles. The van der Waals surface area contributed by atoms with E-state index in [0.29, 0.717) is 0 Å². The molecule has 0 saturated carbocycles. The summed E-state index contributed by atoms with van der Waals surface area (Å²) in [5, 5.41) is 15.2. The number of carbonyl (C=O) groups is 1. The molecule has 1 amide bonds. The Morgan fingerprint density at radius 3 is 2.75 bits per heavy atom. The predicted molar refractivity (Wildman–Crippen MR) is 62.3 cm³/mol. The Morgan fingerprint density at radius 2 is 2.12 bits per heavy atom. The molecule has 4 heteroatoms. The van der Waals surface area contributed by atoms with Crippen molar-refractivity contribution in [3.05, 3.63) is 24.3 Å². The van der Waals surface area contributed by atoms with Crippen LogP contribution in [0, 0.1) is 5.92 Å². The number of rotatable bonds is 2. The van der Waals surface area contributed by atoms with Crippen molar-refractivity contribution in [1.82, 2.24) is 5.32 Å². The van der Waals surface area contributed by atoms with Gasteiger partial charge in [0.25, 0.3) is 0 Å². The molecule has 1 fully saturated rings. The van der Waals surface area contributed by atoms with Crippen molar-refractivity contribution in [2.75, 3.05) is 18.4 Å². The Kier molecular flexibility index (Phi) is 3.41. The van der Waals surface area contributed by atoms with E-state index < -0.39 is 0 Å². The monoisotopic (exact) mass is 220 g/mol. The van der Waals surface area contributed by atoms with Gasteiger partial charge in [-0.1, -0.05) is 0 Å². The first-order valence-corrected chi connectivity index (χ1v) is 5.56. The molecule has 1 aromatic carbocycles. The maximum Gasteiger partial charge on any atom is 0.228 e. The van der Waals surface area contributed by atoms with Gasteiger partial charge in [0, 0.05) is 12.2 Å². The summed E-state index contributed by atoms with van der Waals surface area (Å²) in [7, 11) is 0. The summed E-state index contributed by atoms with van der Waals surface area (Å²) in [5.41, 5.74) is 0.730. The van der Waals surface area contributed by atoms with Gasteiger partial charge in [0.1, 0.15) is 5.75 Å². The third kappa shape index (κ3) is 2.73. The highest BCUT2D eigenvalue weighted by Gasteiger charge is 2.20. The van der Waals surface area contributed by atoms with Gasteiger partial charge in [0.15, 0.2) is 0 Å². The van der Waals surface area contributed by atoms with Crippen LogP contribution in [0.25, 0.3) is 0 Å². The molecule has 1 aliphatic heterocycles. The smallest absolute Gasteiger partial charge is 0.228 e. The van der Waals surface area contributed by atoms with Crippen LogP contribution in [-0.2, 0) is 4.79 Å². The molecule has 0 radical (unpaired) electrons. The van der Waals surface area contributed by atoms with E-state index >= 15 is 0 Å². The minimum atomic E-state index is 0.0536. The second kappa shape index (κ2) is 4.99. The molecule has 1 atom stereocenters. The van der Waals surface area contributed by atoms with Crippen molar-refractivity contribution in [2.24, 2.45) is 5.92 Å². The van der Waals surface area contributed by atoms with Crippen molar-refractivity contribution >= 4 is 11.6 Å². The molecule has 2 rings (SSSR count). The van der Waals surface area contributed by atoms with Gasteiger partial charge < -0.3 is 15.7 Å². The molecule has 3 N–H and O–H groups in total. The summed E-state index contributed by atoms with van der Waals surface area (Å²) in [4.78, 5) is 11.8. The zero-order valence-electron chi connectivity index (χ0n) is 9.07. The van der Waals surface area contributed by atoms with Crippen LogP contribution in [-0.4, -0.2) is 24.1 Å². The van der Waals surface area contributed by atoms with Crippen LogP contribution in [0.15, 0.2) is 24.3 Å². The summed E-state index contributed by atoms with van der Waals surface area (Å²) in [5.74, 6) is 0.317. The fourth-order valence-electron chi connectivity index (χ4n) is 1.86. The Labute approximate surface area is 94.7 Å². The maximum atomic E-state index is 11.8. The van der Waals surface area contributed by atoms with E-state index in [1.165, 1.54) is 0 Å². The molecular formula is C12H16N2O2. The van der Waals surface area contributed by atoms with Crippen molar-refractivity contribution in [1.29, 1.82) is 0 Å². The number of carbonyl (C=O) groups excluding carboxylic acids is 1. The van der Waals surface area contributed by atoms with E-state index in [0.717, 1.165) is 31.6 Å². The zero-order valence-corrected chi connectivity index (χ0v) is 9.07. The highest BCUT2D eigenvalue weighted by molar-refractivity contribution is 5.92. The van der Waals surface area contributed by atoms with Crippen molar-refractivity contribution in [2.45, 2.75) is 12.8 Å². The number of piperidine rings is 1. The number of aromatic hydroxyl groups is 1. The molecular weight excluding hydrogens is 204 g/mol. The first-order valence-electron chi connectivity index (χ1n) is 5.56. The minimum Gasteiger partial charge on any atom is -0.508 e. The lowest BCUT2D eigenvalue weighted by Crippen LogP contribution is -2.37.